The molecule has 1 heterocycles. The number of carbonyl (C=O) groups excluding carboxylic acids is 1. The van der Waals surface area contributed by atoms with Crippen LogP contribution in [0.5, 0.6) is 17.2 Å². The van der Waals surface area contributed by atoms with Gasteiger partial charge < -0.3 is 19.5 Å². The van der Waals surface area contributed by atoms with Crippen LogP contribution < -0.4 is 30.4 Å². The molecule has 1 amide bonds. The average molecular weight is 422 g/mol. The molecule has 7 nitrogen and oxygen atoms in total. The molecule has 1 unspecified atom stereocenters. The summed E-state index contributed by atoms with van der Waals surface area (Å²) in [4.78, 5) is 12.4. The molecule has 2 aromatic carbocycles. The Kier molecular flexibility index (Phi) is 6.78. The third kappa shape index (κ3) is 5.40. The van der Waals surface area contributed by atoms with Gasteiger partial charge in [0.1, 0.15) is 19.0 Å². The van der Waals surface area contributed by atoms with E-state index in [2.05, 4.69) is 16.2 Å². The van der Waals surface area contributed by atoms with Gasteiger partial charge in [-0.3, -0.25) is 15.6 Å². The lowest BCUT2D eigenvalue weighted by molar-refractivity contribution is -0.128. The number of benzene rings is 2. The lowest BCUT2D eigenvalue weighted by Gasteiger charge is -2.20. The fraction of sp³-hybridized carbons (Fsp3) is 0.263. The van der Waals surface area contributed by atoms with E-state index in [1.165, 1.54) is 0 Å². The lowest BCUT2D eigenvalue weighted by Crippen LogP contribution is -2.49. The number of thiocarbonyl (C=S) groups is 1. The molecule has 0 aliphatic carbocycles. The van der Waals surface area contributed by atoms with Crippen LogP contribution in [0.4, 0.5) is 5.69 Å². The van der Waals surface area contributed by atoms with Crippen LogP contribution in [0.2, 0.25) is 5.02 Å². The molecule has 9 heteroatoms. The van der Waals surface area contributed by atoms with E-state index in [1.54, 1.807) is 42.5 Å². The summed E-state index contributed by atoms with van der Waals surface area (Å²) in [5.41, 5.74) is 5.92. The van der Waals surface area contributed by atoms with E-state index in [-0.39, 0.29) is 11.0 Å². The Balaban J connectivity index is 1.50. The van der Waals surface area contributed by atoms with Crippen molar-refractivity contribution in [2.24, 2.45) is 0 Å². The average Bonchev–Trinajstić information content (AvgIpc) is 2.70. The van der Waals surface area contributed by atoms with Crippen LogP contribution in [0.15, 0.2) is 42.5 Å². The highest BCUT2D eigenvalue weighted by atomic mass is 35.5. The minimum atomic E-state index is -0.692. The van der Waals surface area contributed by atoms with E-state index in [1.807, 2.05) is 6.92 Å². The molecular weight excluding hydrogens is 402 g/mol. The molecule has 0 fully saturated rings. The first-order valence-electron chi connectivity index (χ1n) is 8.74. The number of rotatable bonds is 5. The van der Waals surface area contributed by atoms with Crippen LogP contribution in [-0.2, 0) is 4.79 Å². The maximum absolute atomic E-state index is 12.4. The number of hydrogen-bond donors (Lipinski definition) is 3. The third-order valence-electron chi connectivity index (χ3n) is 3.84. The quantitative estimate of drug-likeness (QED) is 0.505. The van der Waals surface area contributed by atoms with Crippen molar-refractivity contribution in [3.05, 3.63) is 47.5 Å². The van der Waals surface area contributed by atoms with Gasteiger partial charge in [0.05, 0.1) is 0 Å². The van der Waals surface area contributed by atoms with Crippen LogP contribution in [0.3, 0.4) is 0 Å². The Hall–Kier alpha value is -2.71. The van der Waals surface area contributed by atoms with Gasteiger partial charge >= 0.3 is 0 Å². The summed E-state index contributed by atoms with van der Waals surface area (Å²) in [6.45, 7) is 2.88. The molecular formula is C19H20ClN3O4S. The number of ether oxygens (including phenoxy) is 3. The summed E-state index contributed by atoms with van der Waals surface area (Å²) in [6.07, 6.45) is -0.217. The number of carbonyl (C=O) groups is 1. The Morgan fingerprint density at radius 1 is 1.18 bits per heavy atom. The minimum absolute atomic E-state index is 0.225. The van der Waals surface area contributed by atoms with Gasteiger partial charge in [0.2, 0.25) is 0 Å². The van der Waals surface area contributed by atoms with Gasteiger partial charge in [-0.15, -0.1) is 0 Å². The molecule has 1 aliphatic heterocycles. The van der Waals surface area contributed by atoms with Crippen molar-refractivity contribution in [3.8, 4) is 17.2 Å². The van der Waals surface area contributed by atoms with Gasteiger partial charge in [-0.1, -0.05) is 24.6 Å². The summed E-state index contributed by atoms with van der Waals surface area (Å²) < 4.78 is 16.7. The number of anilines is 1. The minimum Gasteiger partial charge on any atom is -0.486 e. The number of fused-ring (bicyclic) bond motifs is 1. The maximum atomic E-state index is 12.4. The predicted octanol–water partition coefficient (Wildman–Crippen LogP) is 3.29. The Labute approximate surface area is 173 Å². The van der Waals surface area contributed by atoms with Gasteiger partial charge in [0.15, 0.2) is 22.7 Å². The molecule has 0 spiro atoms. The van der Waals surface area contributed by atoms with Gasteiger partial charge in [-0.25, -0.2) is 0 Å². The van der Waals surface area contributed by atoms with Crippen molar-refractivity contribution in [3.63, 3.8) is 0 Å². The molecule has 3 N–H and O–H groups in total. The van der Waals surface area contributed by atoms with Crippen LogP contribution in [0, 0.1) is 0 Å². The van der Waals surface area contributed by atoms with Crippen molar-refractivity contribution in [2.45, 2.75) is 19.4 Å². The lowest BCUT2D eigenvalue weighted by atomic mass is 10.2. The van der Waals surface area contributed by atoms with Crippen molar-refractivity contribution in [2.75, 3.05) is 18.5 Å². The first-order valence-corrected chi connectivity index (χ1v) is 9.52. The Morgan fingerprint density at radius 3 is 2.71 bits per heavy atom. The molecule has 1 aliphatic rings. The Bertz CT molecular complexity index is 865. The molecule has 28 heavy (non-hydrogen) atoms. The summed E-state index contributed by atoms with van der Waals surface area (Å²) in [5.74, 6) is 1.50. The van der Waals surface area contributed by atoms with E-state index >= 15 is 0 Å². The highest BCUT2D eigenvalue weighted by molar-refractivity contribution is 7.80. The summed E-state index contributed by atoms with van der Waals surface area (Å²) >= 11 is 11.2. The van der Waals surface area contributed by atoms with Crippen LogP contribution >= 0.6 is 23.8 Å². The largest absolute Gasteiger partial charge is 0.486 e. The monoisotopic (exact) mass is 421 g/mol. The van der Waals surface area contributed by atoms with Crippen molar-refractivity contribution in [1.82, 2.24) is 10.9 Å². The van der Waals surface area contributed by atoms with E-state index in [0.717, 1.165) is 0 Å². The van der Waals surface area contributed by atoms with E-state index < -0.39 is 6.10 Å². The zero-order chi connectivity index (χ0) is 19.9. The second-order valence-corrected chi connectivity index (χ2v) is 6.74. The van der Waals surface area contributed by atoms with Crippen molar-refractivity contribution in [1.29, 1.82) is 0 Å². The molecule has 148 valence electrons. The second-order valence-electron chi connectivity index (χ2n) is 5.90. The third-order valence-corrected chi connectivity index (χ3v) is 4.28. The predicted molar refractivity (Wildman–Crippen MR) is 111 cm³/mol. The van der Waals surface area contributed by atoms with Crippen molar-refractivity contribution >= 4 is 40.5 Å². The molecule has 0 saturated heterocycles. The fourth-order valence-corrected chi connectivity index (χ4v) is 2.86. The normalized spacial score (nSPS) is 13.2. The number of amides is 1. The van der Waals surface area contributed by atoms with Gasteiger partial charge in [0.25, 0.3) is 5.91 Å². The molecule has 3 rings (SSSR count). The standard InChI is InChI=1S/C19H20ClN3O4S/c1-2-15(27-14-5-3-4-12(20)10-14)18(24)22-23-19(28)21-13-6-7-16-17(11-13)26-9-8-25-16/h3-7,10-11,15H,2,8-9H2,1H3,(H,22,24)(H2,21,23,28). The molecule has 1 atom stereocenters. The SMILES string of the molecule is CCC(Oc1cccc(Cl)c1)C(=O)NNC(=S)Nc1ccc2c(c1)OCCO2. The fourth-order valence-electron chi connectivity index (χ4n) is 2.51. The second kappa shape index (κ2) is 9.48. The first-order chi connectivity index (χ1) is 13.5. The number of halogens is 1. The topological polar surface area (TPSA) is 80.9 Å². The van der Waals surface area contributed by atoms with Crippen LogP contribution in [0.25, 0.3) is 0 Å². The molecule has 0 bridgehead atoms. The molecule has 0 saturated carbocycles. The highest BCUT2D eigenvalue weighted by Crippen LogP contribution is 2.32. The van der Waals surface area contributed by atoms with E-state index in [4.69, 9.17) is 38.0 Å². The molecule has 0 aromatic heterocycles. The summed E-state index contributed by atoms with van der Waals surface area (Å²) in [5, 5.41) is 3.74. The van der Waals surface area contributed by atoms with Gasteiger partial charge in [-0.05, 0) is 49.0 Å². The Morgan fingerprint density at radius 2 is 1.96 bits per heavy atom. The maximum Gasteiger partial charge on any atom is 0.279 e. The van der Waals surface area contributed by atoms with Crippen LogP contribution in [0.1, 0.15) is 13.3 Å². The molecule has 2 aromatic rings. The number of nitrogens with one attached hydrogen (secondary N) is 3. The summed E-state index contributed by atoms with van der Waals surface area (Å²) in [6, 6.07) is 12.3. The zero-order valence-corrected chi connectivity index (χ0v) is 16.7. The van der Waals surface area contributed by atoms with Gasteiger partial charge in [0, 0.05) is 16.8 Å². The molecule has 0 radical (unpaired) electrons. The number of hydrazine groups is 1. The first kappa shape index (κ1) is 20.0. The van der Waals surface area contributed by atoms with Crippen molar-refractivity contribution < 1.29 is 19.0 Å². The zero-order valence-electron chi connectivity index (χ0n) is 15.2. The van der Waals surface area contributed by atoms with Gasteiger partial charge in [-0.2, -0.15) is 0 Å². The highest BCUT2D eigenvalue weighted by Gasteiger charge is 2.19. The summed E-state index contributed by atoms with van der Waals surface area (Å²) in [7, 11) is 0. The van der Waals surface area contributed by atoms with E-state index in [0.29, 0.717) is 47.6 Å². The van der Waals surface area contributed by atoms with Crippen LogP contribution in [-0.4, -0.2) is 30.3 Å². The smallest absolute Gasteiger partial charge is 0.279 e. The number of hydrogen-bond acceptors (Lipinski definition) is 5. The van der Waals surface area contributed by atoms with E-state index in [9.17, 15) is 4.79 Å².